The topological polar surface area (TPSA) is 63.0 Å². The number of carbonyl (C=O) groups is 2. The van der Waals surface area contributed by atoms with E-state index in [0.717, 1.165) is 75.1 Å². The molecular weight excluding hydrogens is 416 g/mol. The van der Waals surface area contributed by atoms with Gasteiger partial charge in [0.15, 0.2) is 0 Å². The average molecular weight is 457 g/mol. The quantitative estimate of drug-likeness (QED) is 0.515. The van der Waals surface area contributed by atoms with Crippen LogP contribution in [-0.4, -0.2) is 54.0 Å². The number of amides is 2. The summed E-state index contributed by atoms with van der Waals surface area (Å²) >= 11 is 0. The summed E-state index contributed by atoms with van der Waals surface area (Å²) < 4.78 is 11.4. The van der Waals surface area contributed by atoms with E-state index in [1.54, 1.807) is 6.26 Å². The zero-order chi connectivity index (χ0) is 22.8. The molecule has 5 fully saturated rings. The van der Waals surface area contributed by atoms with Crippen molar-refractivity contribution < 1.29 is 18.7 Å². The molecule has 1 aliphatic heterocycles. The lowest BCUT2D eigenvalue weighted by Gasteiger charge is -2.56. The van der Waals surface area contributed by atoms with E-state index in [0.29, 0.717) is 19.6 Å². The van der Waals surface area contributed by atoms with Crippen LogP contribution in [0.2, 0.25) is 0 Å². The molecule has 1 atom stereocenters. The highest BCUT2D eigenvalue weighted by molar-refractivity contribution is 5.88. The largest absolute Gasteiger partial charge is 0.467 e. The van der Waals surface area contributed by atoms with Crippen LogP contribution >= 0.6 is 0 Å². The summed E-state index contributed by atoms with van der Waals surface area (Å²) in [7, 11) is 0. The van der Waals surface area contributed by atoms with Crippen LogP contribution in [0.25, 0.3) is 0 Å². The van der Waals surface area contributed by atoms with Gasteiger partial charge in [0.05, 0.1) is 30.9 Å². The molecule has 2 amide bonds. The molecule has 0 spiro atoms. The first-order chi connectivity index (χ1) is 16.0. The van der Waals surface area contributed by atoms with Crippen LogP contribution in [0.4, 0.5) is 0 Å². The molecule has 6 heteroatoms. The van der Waals surface area contributed by atoms with Crippen molar-refractivity contribution in [2.75, 3.05) is 26.2 Å². The van der Waals surface area contributed by atoms with Crippen molar-refractivity contribution in [2.24, 2.45) is 23.2 Å². The molecule has 1 saturated heterocycles. The number of ether oxygens (including phenoxy) is 1. The van der Waals surface area contributed by atoms with Gasteiger partial charge in [0.2, 0.25) is 11.8 Å². The molecule has 182 valence electrons. The van der Waals surface area contributed by atoms with Crippen LogP contribution in [0.5, 0.6) is 0 Å². The monoisotopic (exact) mass is 456 g/mol. The minimum absolute atomic E-state index is 0.0103. The zero-order valence-electron chi connectivity index (χ0n) is 20.2. The molecule has 33 heavy (non-hydrogen) atoms. The van der Waals surface area contributed by atoms with Gasteiger partial charge in [-0.3, -0.25) is 9.59 Å². The molecule has 4 aliphatic carbocycles. The summed E-state index contributed by atoms with van der Waals surface area (Å²) in [6.45, 7) is 4.76. The van der Waals surface area contributed by atoms with Crippen LogP contribution in [0, 0.1) is 23.2 Å². The Bertz CT molecular complexity index is 779. The number of hydrogen-bond donors (Lipinski definition) is 0. The number of furan rings is 1. The van der Waals surface area contributed by atoms with Crippen molar-refractivity contribution in [3.63, 3.8) is 0 Å². The van der Waals surface area contributed by atoms with Gasteiger partial charge in [-0.2, -0.15) is 0 Å². The smallest absolute Gasteiger partial charge is 0.242 e. The van der Waals surface area contributed by atoms with Crippen LogP contribution in [0.3, 0.4) is 0 Å². The Hall–Kier alpha value is -1.82. The summed E-state index contributed by atoms with van der Waals surface area (Å²) in [5, 5.41) is 0. The van der Waals surface area contributed by atoms with E-state index in [1.165, 1.54) is 19.3 Å². The fourth-order valence-electron chi connectivity index (χ4n) is 7.45. The van der Waals surface area contributed by atoms with Crippen molar-refractivity contribution in [2.45, 2.75) is 83.8 Å². The van der Waals surface area contributed by atoms with Crippen LogP contribution < -0.4 is 0 Å². The number of hydrogen-bond acceptors (Lipinski definition) is 4. The average Bonchev–Trinajstić information content (AvgIpc) is 3.49. The third-order valence-electron chi connectivity index (χ3n) is 8.61. The molecule has 6 nitrogen and oxygen atoms in total. The van der Waals surface area contributed by atoms with E-state index in [-0.39, 0.29) is 29.9 Å². The summed E-state index contributed by atoms with van der Waals surface area (Å²) in [5.74, 6) is 3.21. The molecule has 0 N–H and O–H groups in total. The first-order valence-corrected chi connectivity index (χ1v) is 13.3. The minimum Gasteiger partial charge on any atom is -0.467 e. The zero-order valence-corrected chi connectivity index (χ0v) is 20.2. The standard InChI is InChI=1S/C27H40N2O4/c1-2-3-8-28(26(31)27-14-20-11-21(15-27)13-22(12-20)16-27)19-25(30)29(17-23-6-4-9-32-23)18-24-7-5-10-33-24/h4,6,9,20-22,24H,2-3,5,7-8,10-19H2,1H3. The molecule has 1 aromatic rings. The van der Waals surface area contributed by atoms with Gasteiger partial charge in [-0.05, 0) is 87.7 Å². The fraction of sp³-hybridized carbons (Fsp3) is 0.778. The Morgan fingerprint density at radius 3 is 2.39 bits per heavy atom. The highest BCUT2D eigenvalue weighted by atomic mass is 16.5. The van der Waals surface area contributed by atoms with Gasteiger partial charge in [0, 0.05) is 19.7 Å². The third kappa shape index (κ3) is 5.01. The Morgan fingerprint density at radius 2 is 1.82 bits per heavy atom. The van der Waals surface area contributed by atoms with Crippen LogP contribution in [0.15, 0.2) is 22.8 Å². The van der Waals surface area contributed by atoms with Gasteiger partial charge >= 0.3 is 0 Å². The molecule has 0 aromatic carbocycles. The Labute approximate surface area is 198 Å². The molecule has 1 unspecified atom stereocenters. The second-order valence-corrected chi connectivity index (χ2v) is 11.3. The van der Waals surface area contributed by atoms with Crippen molar-refractivity contribution in [3.8, 4) is 0 Å². The van der Waals surface area contributed by atoms with E-state index in [9.17, 15) is 9.59 Å². The lowest BCUT2D eigenvalue weighted by molar-refractivity contribution is -0.160. The Kier molecular flexibility index (Phi) is 6.82. The summed E-state index contributed by atoms with van der Waals surface area (Å²) in [5.41, 5.74) is -0.205. The van der Waals surface area contributed by atoms with Gasteiger partial charge in [-0.1, -0.05) is 13.3 Å². The van der Waals surface area contributed by atoms with Gasteiger partial charge in [0.25, 0.3) is 0 Å². The van der Waals surface area contributed by atoms with Crippen molar-refractivity contribution >= 4 is 11.8 Å². The van der Waals surface area contributed by atoms with Crippen molar-refractivity contribution in [3.05, 3.63) is 24.2 Å². The molecule has 4 saturated carbocycles. The summed E-state index contributed by atoms with van der Waals surface area (Å²) in [6.07, 6.45) is 12.8. The number of rotatable bonds is 10. The van der Waals surface area contributed by atoms with E-state index < -0.39 is 0 Å². The van der Waals surface area contributed by atoms with E-state index in [4.69, 9.17) is 9.15 Å². The Morgan fingerprint density at radius 1 is 1.09 bits per heavy atom. The maximum Gasteiger partial charge on any atom is 0.242 e. The van der Waals surface area contributed by atoms with Crippen molar-refractivity contribution in [1.29, 1.82) is 0 Å². The maximum atomic E-state index is 14.0. The summed E-state index contributed by atoms with van der Waals surface area (Å²) in [6, 6.07) is 3.76. The lowest BCUT2D eigenvalue weighted by Crippen LogP contribution is -2.56. The predicted octanol–water partition coefficient (Wildman–Crippen LogP) is 4.63. The highest BCUT2D eigenvalue weighted by Gasteiger charge is 2.55. The van der Waals surface area contributed by atoms with E-state index in [1.807, 2.05) is 21.9 Å². The molecule has 6 rings (SSSR count). The molecule has 5 aliphatic rings. The first kappa shape index (κ1) is 22.9. The van der Waals surface area contributed by atoms with Gasteiger partial charge in [-0.15, -0.1) is 0 Å². The first-order valence-electron chi connectivity index (χ1n) is 13.3. The molecule has 0 radical (unpaired) electrons. The third-order valence-corrected chi connectivity index (χ3v) is 8.61. The SMILES string of the molecule is CCCCN(CC(=O)N(Cc1ccco1)CC1CCCO1)C(=O)C12CC3CC(CC(C3)C1)C2. The van der Waals surface area contributed by atoms with Gasteiger partial charge < -0.3 is 19.0 Å². The van der Waals surface area contributed by atoms with Gasteiger partial charge in [0.1, 0.15) is 5.76 Å². The van der Waals surface area contributed by atoms with E-state index >= 15 is 0 Å². The normalized spacial score (nSPS) is 32.3. The van der Waals surface area contributed by atoms with Crippen molar-refractivity contribution in [1.82, 2.24) is 9.80 Å². The van der Waals surface area contributed by atoms with Crippen LogP contribution in [0.1, 0.15) is 76.9 Å². The lowest BCUT2D eigenvalue weighted by atomic mass is 9.49. The minimum atomic E-state index is -0.205. The summed E-state index contributed by atoms with van der Waals surface area (Å²) in [4.78, 5) is 31.4. The van der Waals surface area contributed by atoms with E-state index in [2.05, 4.69) is 6.92 Å². The fourth-order valence-corrected chi connectivity index (χ4v) is 7.45. The predicted molar refractivity (Wildman–Crippen MR) is 125 cm³/mol. The second kappa shape index (κ2) is 9.81. The molecule has 2 heterocycles. The van der Waals surface area contributed by atoms with Crippen LogP contribution in [-0.2, 0) is 20.9 Å². The molecular formula is C27H40N2O4. The number of carbonyl (C=O) groups excluding carboxylic acids is 2. The molecule has 1 aromatic heterocycles. The Balaban J connectivity index is 1.31. The number of unbranched alkanes of at least 4 members (excludes halogenated alkanes) is 1. The molecule has 4 bridgehead atoms. The second-order valence-electron chi connectivity index (χ2n) is 11.3. The maximum absolute atomic E-state index is 14.0. The van der Waals surface area contributed by atoms with Gasteiger partial charge in [-0.25, -0.2) is 0 Å². The number of nitrogens with zero attached hydrogens (tertiary/aromatic N) is 2. The highest BCUT2D eigenvalue weighted by Crippen LogP contribution is 2.60.